The normalized spacial score (nSPS) is 10.6. The molecular weight excluding hydrogens is 156 g/mol. The van der Waals surface area contributed by atoms with Gasteiger partial charge in [-0.05, 0) is 5.92 Å². The van der Waals surface area contributed by atoms with Gasteiger partial charge in [0.05, 0.1) is 0 Å². The van der Waals surface area contributed by atoms with Crippen LogP contribution in [-0.4, -0.2) is 17.5 Å². The lowest BCUT2D eigenvalue weighted by Gasteiger charge is -1.90. The SMILES string of the molecule is CCC(C)C.O=S(=O)(O)O. The summed E-state index contributed by atoms with van der Waals surface area (Å²) in [6.07, 6.45) is 1.31. The Bertz CT molecular complexity index is 139. The van der Waals surface area contributed by atoms with Crippen molar-refractivity contribution in [2.24, 2.45) is 5.92 Å². The van der Waals surface area contributed by atoms with Crippen molar-refractivity contribution in [3.63, 3.8) is 0 Å². The van der Waals surface area contributed by atoms with Crippen LogP contribution in [0.15, 0.2) is 0 Å². The molecule has 0 aliphatic carbocycles. The Balaban J connectivity index is 0. The Labute approximate surface area is 61.8 Å². The Hall–Kier alpha value is -0.130. The van der Waals surface area contributed by atoms with Gasteiger partial charge in [0.2, 0.25) is 0 Å². The molecular formula is C5H14O4S. The molecule has 0 aliphatic rings. The highest BCUT2D eigenvalue weighted by atomic mass is 32.3. The first-order valence-corrected chi connectivity index (χ1v) is 4.37. The second kappa shape index (κ2) is 5.64. The first-order chi connectivity index (χ1) is 4.27. The van der Waals surface area contributed by atoms with Crippen molar-refractivity contribution >= 4 is 10.4 Å². The summed E-state index contributed by atoms with van der Waals surface area (Å²) < 4.78 is 31.6. The summed E-state index contributed by atoms with van der Waals surface area (Å²) in [6, 6.07) is 0. The van der Waals surface area contributed by atoms with Gasteiger partial charge in [-0.1, -0.05) is 27.2 Å². The van der Waals surface area contributed by atoms with Gasteiger partial charge in [-0.2, -0.15) is 8.42 Å². The molecule has 0 spiro atoms. The predicted molar refractivity (Wildman–Crippen MR) is 39.3 cm³/mol. The molecule has 5 heteroatoms. The summed E-state index contributed by atoms with van der Waals surface area (Å²) in [5, 5.41) is 0. The minimum Gasteiger partial charge on any atom is -0.264 e. The van der Waals surface area contributed by atoms with Crippen LogP contribution >= 0.6 is 0 Å². The van der Waals surface area contributed by atoms with Crippen LogP contribution in [0, 0.1) is 5.92 Å². The van der Waals surface area contributed by atoms with E-state index in [4.69, 9.17) is 17.5 Å². The zero-order valence-corrected chi connectivity index (χ0v) is 7.22. The second-order valence-corrected chi connectivity index (χ2v) is 3.15. The molecule has 0 saturated heterocycles. The van der Waals surface area contributed by atoms with E-state index < -0.39 is 10.4 Å². The third-order valence-corrected chi connectivity index (χ3v) is 0.816. The molecule has 64 valence electrons. The maximum absolute atomic E-state index is 8.74. The Morgan fingerprint density at radius 1 is 1.30 bits per heavy atom. The molecule has 0 aromatic heterocycles. The van der Waals surface area contributed by atoms with Crippen molar-refractivity contribution in [3.8, 4) is 0 Å². The molecule has 0 fully saturated rings. The standard InChI is InChI=1S/C5H12.H2O4S/c1-4-5(2)3;1-5(2,3)4/h5H,4H2,1-3H3;(H2,1,2,3,4). The van der Waals surface area contributed by atoms with Gasteiger partial charge in [0, 0.05) is 0 Å². The minimum atomic E-state index is -4.67. The van der Waals surface area contributed by atoms with Crippen LogP contribution in [0.1, 0.15) is 27.2 Å². The van der Waals surface area contributed by atoms with E-state index in [0.717, 1.165) is 5.92 Å². The molecule has 0 saturated carbocycles. The third-order valence-electron chi connectivity index (χ3n) is 0.816. The first kappa shape index (κ1) is 12.5. The van der Waals surface area contributed by atoms with Crippen LogP contribution in [-0.2, 0) is 10.4 Å². The van der Waals surface area contributed by atoms with E-state index in [1.165, 1.54) is 6.42 Å². The zero-order valence-electron chi connectivity index (χ0n) is 6.40. The van der Waals surface area contributed by atoms with Crippen molar-refractivity contribution in [1.82, 2.24) is 0 Å². The van der Waals surface area contributed by atoms with Crippen molar-refractivity contribution < 1.29 is 17.5 Å². The van der Waals surface area contributed by atoms with E-state index in [0.29, 0.717) is 0 Å². The van der Waals surface area contributed by atoms with E-state index in [-0.39, 0.29) is 0 Å². The van der Waals surface area contributed by atoms with E-state index >= 15 is 0 Å². The Morgan fingerprint density at radius 2 is 1.40 bits per heavy atom. The highest BCUT2D eigenvalue weighted by molar-refractivity contribution is 7.79. The largest absolute Gasteiger partial charge is 0.394 e. The van der Waals surface area contributed by atoms with Gasteiger partial charge in [-0.15, -0.1) is 0 Å². The average molecular weight is 170 g/mol. The second-order valence-electron chi connectivity index (χ2n) is 2.25. The summed E-state index contributed by atoms with van der Waals surface area (Å²) in [4.78, 5) is 0. The van der Waals surface area contributed by atoms with E-state index in [1.54, 1.807) is 0 Å². The van der Waals surface area contributed by atoms with Gasteiger partial charge < -0.3 is 0 Å². The van der Waals surface area contributed by atoms with Gasteiger partial charge in [0.25, 0.3) is 0 Å². The molecule has 0 aliphatic heterocycles. The minimum absolute atomic E-state index is 0.884. The van der Waals surface area contributed by atoms with Crippen LogP contribution in [0.4, 0.5) is 0 Å². The van der Waals surface area contributed by atoms with E-state index in [1.807, 2.05) is 0 Å². The molecule has 4 nitrogen and oxygen atoms in total. The molecule has 0 aromatic carbocycles. The number of hydrogen-bond donors (Lipinski definition) is 2. The predicted octanol–water partition coefficient (Wildman–Crippen LogP) is 1.40. The maximum atomic E-state index is 8.74. The van der Waals surface area contributed by atoms with Crippen LogP contribution < -0.4 is 0 Å². The molecule has 0 heterocycles. The topological polar surface area (TPSA) is 74.6 Å². The van der Waals surface area contributed by atoms with Crippen LogP contribution in [0.3, 0.4) is 0 Å². The summed E-state index contributed by atoms with van der Waals surface area (Å²) in [7, 11) is -4.67. The highest BCUT2D eigenvalue weighted by Crippen LogP contribution is 1.93. The number of rotatable bonds is 1. The fourth-order valence-electron chi connectivity index (χ4n) is 0. The molecule has 0 rings (SSSR count). The number of hydrogen-bond acceptors (Lipinski definition) is 2. The van der Waals surface area contributed by atoms with Crippen molar-refractivity contribution in [1.29, 1.82) is 0 Å². The molecule has 2 N–H and O–H groups in total. The van der Waals surface area contributed by atoms with Gasteiger partial charge >= 0.3 is 10.4 Å². The lowest BCUT2D eigenvalue weighted by Crippen LogP contribution is -1.89. The fourth-order valence-corrected chi connectivity index (χ4v) is 0. The molecule has 0 bridgehead atoms. The molecule has 0 amide bonds. The average Bonchev–Trinajstić information content (AvgIpc) is 1.61. The van der Waals surface area contributed by atoms with Crippen molar-refractivity contribution in [2.45, 2.75) is 27.2 Å². The molecule has 0 radical (unpaired) electrons. The van der Waals surface area contributed by atoms with Crippen molar-refractivity contribution in [3.05, 3.63) is 0 Å². The quantitative estimate of drug-likeness (QED) is 0.583. The summed E-state index contributed by atoms with van der Waals surface area (Å²) in [5.41, 5.74) is 0. The lowest BCUT2D eigenvalue weighted by molar-refractivity contribution is 0.381. The van der Waals surface area contributed by atoms with Crippen molar-refractivity contribution in [2.75, 3.05) is 0 Å². The van der Waals surface area contributed by atoms with E-state index in [9.17, 15) is 0 Å². The fraction of sp³-hybridized carbons (Fsp3) is 1.00. The van der Waals surface area contributed by atoms with Crippen LogP contribution in [0.25, 0.3) is 0 Å². The van der Waals surface area contributed by atoms with Gasteiger partial charge in [0.1, 0.15) is 0 Å². The van der Waals surface area contributed by atoms with Gasteiger partial charge in [-0.25, -0.2) is 0 Å². The first-order valence-electron chi connectivity index (χ1n) is 2.97. The lowest BCUT2D eigenvalue weighted by atomic mass is 10.2. The Kier molecular flexibility index (Phi) is 7.07. The Morgan fingerprint density at radius 3 is 1.40 bits per heavy atom. The van der Waals surface area contributed by atoms with Gasteiger partial charge in [0.15, 0.2) is 0 Å². The molecule has 10 heavy (non-hydrogen) atoms. The van der Waals surface area contributed by atoms with Gasteiger partial charge in [-0.3, -0.25) is 9.11 Å². The summed E-state index contributed by atoms with van der Waals surface area (Å²) in [6.45, 7) is 6.64. The zero-order chi connectivity index (χ0) is 8.78. The summed E-state index contributed by atoms with van der Waals surface area (Å²) >= 11 is 0. The summed E-state index contributed by atoms with van der Waals surface area (Å²) in [5.74, 6) is 0.884. The molecule has 0 atom stereocenters. The molecule has 0 aromatic rings. The highest BCUT2D eigenvalue weighted by Gasteiger charge is 1.84. The monoisotopic (exact) mass is 170 g/mol. The third kappa shape index (κ3) is 106. The maximum Gasteiger partial charge on any atom is 0.394 e. The van der Waals surface area contributed by atoms with Crippen LogP contribution in [0.2, 0.25) is 0 Å². The smallest absolute Gasteiger partial charge is 0.264 e. The van der Waals surface area contributed by atoms with E-state index in [2.05, 4.69) is 20.8 Å². The molecule has 0 unspecified atom stereocenters. The van der Waals surface area contributed by atoms with Crippen LogP contribution in [0.5, 0.6) is 0 Å².